The molecule has 0 aliphatic rings. The van der Waals surface area contributed by atoms with E-state index in [1.165, 1.54) is 6.07 Å². The SMILES string of the molecule is CCc1nc2ccccc2n1Cc1cc(F)ccc1C. The average Bonchev–Trinajstić information content (AvgIpc) is 2.81. The van der Waals surface area contributed by atoms with Crippen molar-refractivity contribution >= 4 is 11.0 Å². The van der Waals surface area contributed by atoms with Gasteiger partial charge in [-0.3, -0.25) is 0 Å². The second kappa shape index (κ2) is 5.08. The van der Waals surface area contributed by atoms with Gasteiger partial charge in [-0.1, -0.05) is 25.1 Å². The van der Waals surface area contributed by atoms with E-state index in [-0.39, 0.29) is 5.82 Å². The van der Waals surface area contributed by atoms with E-state index in [0.717, 1.165) is 34.4 Å². The molecular formula is C17H17FN2. The highest BCUT2D eigenvalue weighted by atomic mass is 19.1. The van der Waals surface area contributed by atoms with Crippen molar-refractivity contribution in [3.8, 4) is 0 Å². The van der Waals surface area contributed by atoms with Gasteiger partial charge in [0.15, 0.2) is 0 Å². The Balaban J connectivity index is 2.12. The summed E-state index contributed by atoms with van der Waals surface area (Å²) in [5.41, 5.74) is 4.21. The lowest BCUT2D eigenvalue weighted by molar-refractivity contribution is 0.622. The molecule has 20 heavy (non-hydrogen) atoms. The first-order valence-corrected chi connectivity index (χ1v) is 6.88. The molecule has 0 bridgehead atoms. The molecule has 3 heteroatoms. The lowest BCUT2D eigenvalue weighted by Crippen LogP contribution is -2.06. The van der Waals surface area contributed by atoms with Crippen LogP contribution in [0.3, 0.4) is 0 Å². The maximum atomic E-state index is 13.4. The molecule has 0 unspecified atom stereocenters. The van der Waals surface area contributed by atoms with E-state index in [0.29, 0.717) is 6.54 Å². The summed E-state index contributed by atoms with van der Waals surface area (Å²) in [7, 11) is 0. The first-order valence-electron chi connectivity index (χ1n) is 6.88. The first kappa shape index (κ1) is 12.9. The molecular weight excluding hydrogens is 251 g/mol. The molecule has 0 fully saturated rings. The molecule has 3 aromatic rings. The molecule has 0 saturated heterocycles. The third-order valence-electron chi connectivity index (χ3n) is 3.69. The van der Waals surface area contributed by atoms with E-state index in [4.69, 9.17) is 0 Å². The standard InChI is InChI=1S/C17H17FN2/c1-3-17-19-15-6-4-5-7-16(15)20(17)11-13-10-14(18)9-8-12(13)2/h4-10H,3,11H2,1-2H3. The van der Waals surface area contributed by atoms with E-state index in [1.807, 2.05) is 31.2 Å². The lowest BCUT2D eigenvalue weighted by atomic mass is 10.1. The quantitative estimate of drug-likeness (QED) is 0.699. The Kier molecular flexibility index (Phi) is 3.26. The van der Waals surface area contributed by atoms with Crippen molar-refractivity contribution in [2.75, 3.05) is 0 Å². The predicted molar refractivity (Wildman–Crippen MR) is 79.4 cm³/mol. The summed E-state index contributed by atoms with van der Waals surface area (Å²) in [5.74, 6) is 0.850. The zero-order chi connectivity index (χ0) is 14.1. The molecule has 0 aliphatic heterocycles. The van der Waals surface area contributed by atoms with Crippen molar-refractivity contribution in [2.24, 2.45) is 0 Å². The highest BCUT2D eigenvalue weighted by molar-refractivity contribution is 5.76. The van der Waals surface area contributed by atoms with Crippen molar-refractivity contribution in [2.45, 2.75) is 26.8 Å². The van der Waals surface area contributed by atoms with E-state index < -0.39 is 0 Å². The van der Waals surface area contributed by atoms with Crippen LogP contribution in [-0.4, -0.2) is 9.55 Å². The van der Waals surface area contributed by atoms with E-state index >= 15 is 0 Å². The molecule has 0 radical (unpaired) electrons. The average molecular weight is 268 g/mol. The fourth-order valence-electron chi connectivity index (χ4n) is 2.55. The van der Waals surface area contributed by atoms with Crippen molar-refractivity contribution in [1.29, 1.82) is 0 Å². The molecule has 0 amide bonds. The Hall–Kier alpha value is -2.16. The zero-order valence-corrected chi connectivity index (χ0v) is 11.7. The van der Waals surface area contributed by atoms with Gasteiger partial charge in [0.25, 0.3) is 0 Å². The minimum absolute atomic E-state index is 0.187. The summed E-state index contributed by atoms with van der Waals surface area (Å²) < 4.78 is 15.6. The van der Waals surface area contributed by atoms with Crippen LogP contribution in [0.1, 0.15) is 23.9 Å². The van der Waals surface area contributed by atoms with Crippen LogP contribution in [0.15, 0.2) is 42.5 Å². The maximum absolute atomic E-state index is 13.4. The fourth-order valence-corrected chi connectivity index (χ4v) is 2.55. The number of benzene rings is 2. The van der Waals surface area contributed by atoms with Crippen LogP contribution >= 0.6 is 0 Å². The predicted octanol–water partition coefficient (Wildman–Crippen LogP) is 4.09. The van der Waals surface area contributed by atoms with Gasteiger partial charge in [-0.2, -0.15) is 0 Å². The zero-order valence-electron chi connectivity index (χ0n) is 11.7. The monoisotopic (exact) mass is 268 g/mol. The number of para-hydroxylation sites is 2. The van der Waals surface area contributed by atoms with Gasteiger partial charge in [0, 0.05) is 13.0 Å². The van der Waals surface area contributed by atoms with Gasteiger partial charge >= 0.3 is 0 Å². The van der Waals surface area contributed by atoms with E-state index in [9.17, 15) is 4.39 Å². The number of hydrogen-bond acceptors (Lipinski definition) is 1. The van der Waals surface area contributed by atoms with Crippen LogP contribution < -0.4 is 0 Å². The largest absolute Gasteiger partial charge is 0.323 e. The summed E-state index contributed by atoms with van der Waals surface area (Å²) in [6.07, 6.45) is 0.864. The maximum Gasteiger partial charge on any atom is 0.123 e. The van der Waals surface area contributed by atoms with Crippen molar-refractivity contribution < 1.29 is 4.39 Å². The first-order chi connectivity index (χ1) is 9.69. The minimum Gasteiger partial charge on any atom is -0.323 e. The Morgan fingerprint density at radius 2 is 1.95 bits per heavy atom. The summed E-state index contributed by atoms with van der Waals surface area (Å²) in [5, 5.41) is 0. The lowest BCUT2D eigenvalue weighted by Gasteiger charge is -2.11. The Morgan fingerprint density at radius 3 is 2.75 bits per heavy atom. The number of aryl methyl sites for hydroxylation is 2. The molecule has 2 nitrogen and oxygen atoms in total. The van der Waals surface area contributed by atoms with Gasteiger partial charge in [0.2, 0.25) is 0 Å². The fraction of sp³-hybridized carbons (Fsp3) is 0.235. The topological polar surface area (TPSA) is 17.8 Å². The molecule has 0 N–H and O–H groups in total. The second-order valence-corrected chi connectivity index (χ2v) is 5.03. The molecule has 0 spiro atoms. The minimum atomic E-state index is -0.187. The number of rotatable bonds is 3. The molecule has 3 rings (SSSR count). The normalized spacial score (nSPS) is 11.2. The Labute approximate surface area is 117 Å². The Morgan fingerprint density at radius 1 is 1.15 bits per heavy atom. The van der Waals surface area contributed by atoms with Gasteiger partial charge < -0.3 is 4.57 Å². The van der Waals surface area contributed by atoms with Crippen molar-refractivity contribution in [1.82, 2.24) is 9.55 Å². The number of aromatic nitrogens is 2. The molecule has 1 aromatic heterocycles. The molecule has 102 valence electrons. The van der Waals surface area contributed by atoms with Gasteiger partial charge in [-0.05, 0) is 42.3 Å². The highest BCUT2D eigenvalue weighted by Gasteiger charge is 2.10. The number of nitrogens with zero attached hydrogens (tertiary/aromatic N) is 2. The summed E-state index contributed by atoms with van der Waals surface area (Å²) in [6.45, 7) is 4.77. The third-order valence-corrected chi connectivity index (χ3v) is 3.69. The Bertz CT molecular complexity index is 759. The van der Waals surface area contributed by atoms with Crippen LogP contribution in [-0.2, 0) is 13.0 Å². The molecule has 2 aromatic carbocycles. The number of hydrogen-bond donors (Lipinski definition) is 0. The van der Waals surface area contributed by atoms with Gasteiger partial charge in [0.1, 0.15) is 11.6 Å². The number of halogens is 1. The highest BCUT2D eigenvalue weighted by Crippen LogP contribution is 2.20. The van der Waals surface area contributed by atoms with Gasteiger partial charge in [-0.15, -0.1) is 0 Å². The van der Waals surface area contributed by atoms with E-state index in [2.05, 4.69) is 22.5 Å². The van der Waals surface area contributed by atoms with Crippen LogP contribution in [0.4, 0.5) is 4.39 Å². The summed E-state index contributed by atoms with van der Waals surface area (Å²) in [4.78, 5) is 4.65. The number of imidazole rings is 1. The van der Waals surface area contributed by atoms with Crippen molar-refractivity contribution in [3.63, 3.8) is 0 Å². The van der Waals surface area contributed by atoms with Gasteiger partial charge in [-0.25, -0.2) is 9.37 Å². The summed E-state index contributed by atoms with van der Waals surface area (Å²) in [6, 6.07) is 13.0. The van der Waals surface area contributed by atoms with Crippen molar-refractivity contribution in [3.05, 3.63) is 65.2 Å². The molecule has 0 aliphatic carbocycles. The molecule has 0 atom stereocenters. The van der Waals surface area contributed by atoms with Crippen LogP contribution in [0, 0.1) is 12.7 Å². The van der Waals surface area contributed by atoms with Crippen LogP contribution in [0.25, 0.3) is 11.0 Å². The van der Waals surface area contributed by atoms with E-state index in [1.54, 1.807) is 6.07 Å². The third kappa shape index (κ3) is 2.20. The van der Waals surface area contributed by atoms with Crippen LogP contribution in [0.2, 0.25) is 0 Å². The van der Waals surface area contributed by atoms with Gasteiger partial charge in [0.05, 0.1) is 11.0 Å². The second-order valence-electron chi connectivity index (χ2n) is 5.03. The smallest absolute Gasteiger partial charge is 0.123 e. The summed E-state index contributed by atoms with van der Waals surface area (Å²) >= 11 is 0. The molecule has 0 saturated carbocycles. The van der Waals surface area contributed by atoms with Crippen LogP contribution in [0.5, 0.6) is 0 Å². The number of fused-ring (bicyclic) bond motifs is 1. The molecule has 1 heterocycles.